The van der Waals surface area contributed by atoms with E-state index in [1.165, 1.54) is 24.5 Å². The molecule has 0 aromatic heterocycles. The maximum Gasteiger partial charge on any atom is 0.407 e. The molecule has 11 amide bonds. The van der Waals surface area contributed by atoms with Crippen LogP contribution in [0.1, 0.15) is 71.9 Å². The van der Waals surface area contributed by atoms with Crippen LogP contribution in [0.15, 0.2) is 182 Å². The molecule has 7 rings (SSSR count). The van der Waals surface area contributed by atoms with Gasteiger partial charge in [-0.1, -0.05) is 182 Å². The van der Waals surface area contributed by atoms with Crippen molar-refractivity contribution in [2.75, 3.05) is 124 Å². The smallest absolute Gasteiger partial charge is 0.407 e. The van der Waals surface area contributed by atoms with Crippen molar-refractivity contribution in [3.63, 3.8) is 0 Å². The number of ether oxygens (including phenoxy) is 6. The van der Waals surface area contributed by atoms with Crippen LogP contribution < -0.4 is 42.5 Å². The predicted molar refractivity (Wildman–Crippen MR) is 408 cm³/mol. The summed E-state index contributed by atoms with van der Waals surface area (Å²) in [6.45, 7) is -0.343. The van der Waals surface area contributed by atoms with Gasteiger partial charge in [0, 0.05) is 163 Å². The van der Waals surface area contributed by atoms with Gasteiger partial charge in [0.25, 0.3) is 0 Å². The predicted octanol–water partition coefficient (Wildman–Crippen LogP) is 6.16. The van der Waals surface area contributed by atoms with Crippen molar-refractivity contribution in [2.45, 2.75) is 84.2 Å². The fraction of sp³-hybridized carbons (Fsp3) is 0.400. The second kappa shape index (κ2) is 50.5. The third-order valence-electron chi connectivity index (χ3n) is 17.3. The Balaban J connectivity index is 1.02. The van der Waals surface area contributed by atoms with E-state index in [0.717, 1.165) is 33.4 Å². The van der Waals surface area contributed by atoms with Gasteiger partial charge in [0.15, 0.2) is 5.78 Å². The Morgan fingerprint density at radius 1 is 0.306 bits per heavy atom. The average molecular weight is 1530 g/mol. The zero-order chi connectivity index (χ0) is 78.9. The van der Waals surface area contributed by atoms with Crippen LogP contribution in [0.25, 0.3) is 0 Å². The Bertz CT molecular complexity index is 3660. The van der Waals surface area contributed by atoms with Crippen LogP contribution in [0.2, 0.25) is 0 Å². The number of hydrogen-bond donors (Lipinski definition) is 8. The maximum absolute atomic E-state index is 14.6. The number of alkyl carbamates (subject to hydrolysis) is 6. The van der Waals surface area contributed by atoms with Gasteiger partial charge in [-0.15, -0.1) is 0 Å². The Labute approximate surface area is 646 Å². The monoisotopic (exact) mass is 1530 g/mol. The molecule has 1 fully saturated rings. The van der Waals surface area contributed by atoms with Crippen LogP contribution in [0.4, 0.5) is 28.8 Å². The van der Waals surface area contributed by atoms with Crippen LogP contribution >= 0.6 is 0 Å². The lowest BCUT2D eigenvalue weighted by Gasteiger charge is -2.31. The molecule has 31 nitrogen and oxygen atoms in total. The van der Waals surface area contributed by atoms with E-state index in [9.17, 15) is 57.5 Å². The number of rotatable bonds is 40. The Morgan fingerprint density at radius 2 is 0.541 bits per heavy atom. The molecule has 1 aliphatic rings. The first-order chi connectivity index (χ1) is 54.0. The molecule has 1 unspecified atom stereocenters. The molecule has 0 bridgehead atoms. The highest BCUT2D eigenvalue weighted by Crippen LogP contribution is 2.12. The number of nitrogens with zero attached hydrogens (tertiary/aromatic N) is 5. The van der Waals surface area contributed by atoms with Crippen molar-refractivity contribution in [1.29, 1.82) is 0 Å². The molecule has 1 heterocycles. The Hall–Kier alpha value is -12.1. The highest BCUT2D eigenvalue weighted by molar-refractivity contribution is 5.89. The Kier molecular flexibility index (Phi) is 39.2. The van der Waals surface area contributed by atoms with Crippen molar-refractivity contribution < 1.29 is 86.0 Å². The van der Waals surface area contributed by atoms with Gasteiger partial charge in [-0.3, -0.25) is 28.8 Å². The molecular formula is C80H101N13O18. The highest BCUT2D eigenvalue weighted by atomic mass is 16.6. The second-order valence-corrected chi connectivity index (χ2v) is 25.5. The number of hydrogen-bond acceptors (Lipinski definition) is 20. The summed E-state index contributed by atoms with van der Waals surface area (Å²) < 4.78 is 32.2. The minimum Gasteiger partial charge on any atom is -0.445 e. The third kappa shape index (κ3) is 35.6. The summed E-state index contributed by atoms with van der Waals surface area (Å²) in [5.41, 5.74) is 4.58. The molecule has 1 atom stereocenters. The maximum atomic E-state index is 14.6. The summed E-state index contributed by atoms with van der Waals surface area (Å²) in [6.07, 6.45) is -6.17. The zero-order valence-corrected chi connectivity index (χ0v) is 62.4. The van der Waals surface area contributed by atoms with E-state index in [1.807, 2.05) is 84.9 Å². The van der Waals surface area contributed by atoms with E-state index in [1.54, 1.807) is 97.1 Å². The SMILES string of the molecule is O=C(NCCN(CCNC(=O)OCc1ccccc1)C(=O)CCC(=O)C1CNCCN(C(=O)CCC(=O)N(CCNC(=O)OCc2ccccc2)CCNC(=O)OCc2ccccc2)CCN(C(=O)CCC(=O)N(CCNC(=O)OCc2ccccc2)CCNC(=O)OCc2ccccc2)CCN1)OCc1ccccc1. The van der Waals surface area contributed by atoms with Gasteiger partial charge in [0.2, 0.25) is 29.5 Å². The van der Waals surface area contributed by atoms with E-state index in [-0.39, 0.29) is 208 Å². The lowest BCUT2D eigenvalue weighted by molar-refractivity contribution is -0.139. The molecule has 6 aromatic carbocycles. The van der Waals surface area contributed by atoms with Gasteiger partial charge in [-0.2, -0.15) is 0 Å². The highest BCUT2D eigenvalue weighted by Gasteiger charge is 2.27. The van der Waals surface area contributed by atoms with Gasteiger partial charge >= 0.3 is 36.6 Å². The zero-order valence-electron chi connectivity index (χ0n) is 62.4. The molecule has 0 saturated carbocycles. The molecule has 0 spiro atoms. The van der Waals surface area contributed by atoms with Gasteiger partial charge in [0.05, 0.1) is 6.04 Å². The van der Waals surface area contributed by atoms with Crippen molar-refractivity contribution >= 4 is 71.9 Å². The topological polar surface area (TPSA) is 373 Å². The molecule has 31 heteroatoms. The van der Waals surface area contributed by atoms with Gasteiger partial charge < -0.3 is 95.5 Å². The number of carbonyl (C=O) groups excluding carboxylic acids is 12. The third-order valence-corrected chi connectivity index (χ3v) is 17.3. The molecule has 8 N–H and O–H groups in total. The van der Waals surface area contributed by atoms with Crippen molar-refractivity contribution in [3.05, 3.63) is 215 Å². The summed E-state index contributed by atoms with van der Waals surface area (Å²) in [6, 6.07) is 53.3. The quantitative estimate of drug-likeness (QED) is 0.0200. The average Bonchev–Trinajstić information content (AvgIpc) is 0.893. The number of Topliss-reactive ketones (excluding diaryl/α,β-unsaturated/α-hetero) is 1. The summed E-state index contributed by atoms with van der Waals surface area (Å²) in [5.74, 6) is -2.79. The summed E-state index contributed by atoms with van der Waals surface area (Å²) >= 11 is 0. The number of nitrogens with one attached hydrogen (secondary N) is 8. The van der Waals surface area contributed by atoms with Crippen molar-refractivity contribution in [3.8, 4) is 0 Å². The minimum atomic E-state index is -0.943. The lowest BCUT2D eigenvalue weighted by Crippen LogP contribution is -2.51. The van der Waals surface area contributed by atoms with Crippen LogP contribution in [0.5, 0.6) is 0 Å². The first-order valence-electron chi connectivity index (χ1n) is 37.1. The summed E-state index contributed by atoms with van der Waals surface area (Å²) in [7, 11) is 0. The van der Waals surface area contributed by atoms with Gasteiger partial charge in [0.1, 0.15) is 39.6 Å². The largest absolute Gasteiger partial charge is 0.445 e. The van der Waals surface area contributed by atoms with Crippen LogP contribution in [-0.4, -0.2) is 227 Å². The van der Waals surface area contributed by atoms with E-state index in [2.05, 4.69) is 42.5 Å². The number of amides is 11. The van der Waals surface area contributed by atoms with E-state index in [4.69, 9.17) is 28.4 Å². The number of carbonyl (C=O) groups is 12. The van der Waals surface area contributed by atoms with Crippen LogP contribution in [0.3, 0.4) is 0 Å². The van der Waals surface area contributed by atoms with Crippen LogP contribution in [-0.2, 0) is 96.8 Å². The molecule has 1 aliphatic heterocycles. The molecule has 0 radical (unpaired) electrons. The Morgan fingerprint density at radius 3 is 0.793 bits per heavy atom. The normalized spacial score (nSPS) is 12.8. The molecular weight excluding hydrogens is 1430 g/mol. The molecule has 6 aromatic rings. The molecule has 111 heavy (non-hydrogen) atoms. The van der Waals surface area contributed by atoms with E-state index in [0.29, 0.717) is 0 Å². The first-order valence-corrected chi connectivity index (χ1v) is 37.1. The standard InChI is InChI=1S/C80H101N13O18/c94-69(31-32-70(95)89(47-39-83-75(100)106-56-62-19-7-1-8-20-62)48-40-84-76(101)107-57-63-21-9-2-10-22-63)68-55-81-37-45-92(73(98)35-33-71(96)90(49-41-85-77(102)108-58-64-23-11-3-12-24-64)50-42-86-78(103)109-59-65-25-13-4-14-26-65)53-54-93(46-38-82-68)74(99)36-34-72(97)91(51-43-87-79(104)110-60-66-27-15-5-16-28-66)52-44-88-80(105)111-61-67-29-17-6-18-30-67/h1-30,68,81-82H,31-61H2,(H,83,100)(H,84,101)(H,85,102)(H,86,103)(H,87,104)(H,88,105). The van der Waals surface area contributed by atoms with Gasteiger partial charge in [-0.25, -0.2) is 28.8 Å². The fourth-order valence-corrected chi connectivity index (χ4v) is 11.2. The molecule has 594 valence electrons. The lowest BCUT2D eigenvalue weighted by atomic mass is 10.1. The minimum absolute atomic E-state index is 0.00113. The van der Waals surface area contributed by atoms with E-state index < -0.39 is 72.1 Å². The second-order valence-electron chi connectivity index (χ2n) is 25.5. The molecule has 1 saturated heterocycles. The summed E-state index contributed by atoms with van der Waals surface area (Å²) in [4.78, 5) is 170. The first kappa shape index (κ1) is 86.1. The van der Waals surface area contributed by atoms with Gasteiger partial charge in [-0.05, 0) is 33.4 Å². The van der Waals surface area contributed by atoms with Crippen molar-refractivity contribution in [2.24, 2.45) is 0 Å². The van der Waals surface area contributed by atoms with Crippen molar-refractivity contribution in [1.82, 2.24) is 67.0 Å². The number of benzene rings is 6. The number of ketones is 1. The summed E-state index contributed by atoms with van der Waals surface area (Å²) in [5, 5.41) is 22.4. The molecule has 0 aliphatic carbocycles. The fourth-order valence-electron chi connectivity index (χ4n) is 11.2. The van der Waals surface area contributed by atoms with E-state index >= 15 is 0 Å². The van der Waals surface area contributed by atoms with Crippen LogP contribution in [0, 0.1) is 0 Å².